The predicted molar refractivity (Wildman–Crippen MR) is 120 cm³/mol. The normalized spacial score (nSPS) is 26.0. The number of hydrogen-bond donors (Lipinski definition) is 3. The van der Waals surface area contributed by atoms with Crippen molar-refractivity contribution in [2.24, 2.45) is 0 Å². The molecule has 8 heteroatoms. The van der Waals surface area contributed by atoms with E-state index < -0.39 is 36.5 Å². The molecule has 2 aromatic heterocycles. The lowest BCUT2D eigenvalue weighted by Gasteiger charge is -2.37. The molecule has 3 N–H and O–H groups in total. The van der Waals surface area contributed by atoms with Crippen molar-refractivity contribution in [2.45, 2.75) is 31.1 Å². The standard InChI is InChI=1S/C25H17N3O5/c29-14-9-15-27-12-7-3-1-5-10(12)16-18-19(24(32)26-23(18)31)17-11-6-2-4-8-13(11)28(21(17)20(16)27)25(33-15)22(14)30/h1-8,14-15,22,25,29-30H,9H2,(H,26,31,32). The molecule has 2 bridgehead atoms. The molecule has 1 saturated heterocycles. The van der Waals surface area contributed by atoms with Gasteiger partial charge in [-0.1, -0.05) is 36.4 Å². The van der Waals surface area contributed by atoms with Gasteiger partial charge in [0.1, 0.15) is 12.3 Å². The number of fused-ring (bicyclic) bond motifs is 13. The maximum atomic E-state index is 13.1. The molecule has 1 fully saturated rings. The van der Waals surface area contributed by atoms with Gasteiger partial charge >= 0.3 is 0 Å². The second-order valence-corrected chi connectivity index (χ2v) is 9.03. The number of rotatable bonds is 0. The first-order chi connectivity index (χ1) is 16.1. The Morgan fingerprint density at radius 3 is 2.00 bits per heavy atom. The summed E-state index contributed by atoms with van der Waals surface area (Å²) in [5.41, 5.74) is 3.85. The Hall–Kier alpha value is -3.72. The third-order valence-corrected chi connectivity index (χ3v) is 7.45. The molecule has 8 nitrogen and oxygen atoms in total. The van der Waals surface area contributed by atoms with Crippen molar-refractivity contribution in [3.05, 3.63) is 59.7 Å². The summed E-state index contributed by atoms with van der Waals surface area (Å²) in [4.78, 5) is 26.2. The number of para-hydroxylation sites is 2. The molecule has 33 heavy (non-hydrogen) atoms. The first-order valence-electron chi connectivity index (χ1n) is 10.9. The van der Waals surface area contributed by atoms with Crippen LogP contribution < -0.4 is 5.32 Å². The number of amides is 2. The van der Waals surface area contributed by atoms with Crippen molar-refractivity contribution < 1.29 is 24.5 Å². The summed E-state index contributed by atoms with van der Waals surface area (Å²) in [6.07, 6.45) is -3.32. The van der Waals surface area contributed by atoms with Crippen LogP contribution in [0.4, 0.5) is 0 Å². The van der Waals surface area contributed by atoms with Gasteiger partial charge in [-0.25, -0.2) is 0 Å². The Morgan fingerprint density at radius 1 is 0.818 bits per heavy atom. The average Bonchev–Trinajstić information content (AvgIpc) is 3.40. The highest BCUT2D eigenvalue weighted by Crippen LogP contribution is 2.51. The van der Waals surface area contributed by atoms with Crippen LogP contribution in [-0.2, 0) is 4.74 Å². The van der Waals surface area contributed by atoms with E-state index in [-0.39, 0.29) is 6.42 Å². The van der Waals surface area contributed by atoms with Crippen molar-refractivity contribution in [1.29, 1.82) is 0 Å². The van der Waals surface area contributed by atoms with Crippen LogP contribution in [0.1, 0.15) is 39.6 Å². The summed E-state index contributed by atoms with van der Waals surface area (Å²) in [6.45, 7) is 0. The van der Waals surface area contributed by atoms with E-state index in [1.165, 1.54) is 0 Å². The molecule has 5 aromatic rings. The van der Waals surface area contributed by atoms with Crippen LogP contribution in [0.15, 0.2) is 48.5 Å². The van der Waals surface area contributed by atoms with E-state index in [4.69, 9.17) is 4.74 Å². The number of nitrogens with one attached hydrogen (secondary N) is 1. The van der Waals surface area contributed by atoms with E-state index in [1.807, 2.05) is 57.7 Å². The summed E-state index contributed by atoms with van der Waals surface area (Å²) in [6, 6.07) is 15.3. The van der Waals surface area contributed by atoms with Crippen LogP contribution in [0.25, 0.3) is 43.6 Å². The fourth-order valence-electron chi connectivity index (χ4n) is 6.21. The Balaban J connectivity index is 1.77. The van der Waals surface area contributed by atoms with Gasteiger partial charge < -0.3 is 24.1 Å². The van der Waals surface area contributed by atoms with E-state index in [1.54, 1.807) is 0 Å². The van der Waals surface area contributed by atoms with Crippen molar-refractivity contribution in [3.63, 3.8) is 0 Å². The SMILES string of the molecule is O=C1NC(=O)c2c1c1c3ccccc3n3c1c1c2c2ccccc2n1C1OC3CC(O)C1O. The van der Waals surface area contributed by atoms with Crippen molar-refractivity contribution in [3.8, 4) is 0 Å². The van der Waals surface area contributed by atoms with E-state index >= 15 is 0 Å². The number of aliphatic hydroxyl groups excluding tert-OH is 2. The number of imide groups is 1. The second kappa shape index (κ2) is 5.60. The number of ether oxygens (including phenoxy) is 1. The zero-order chi connectivity index (χ0) is 22.2. The van der Waals surface area contributed by atoms with E-state index in [2.05, 4.69) is 5.32 Å². The smallest absolute Gasteiger partial charge is 0.259 e. The minimum Gasteiger partial charge on any atom is -0.390 e. The molecular weight excluding hydrogens is 422 g/mol. The third-order valence-electron chi connectivity index (χ3n) is 7.45. The highest BCUT2D eigenvalue weighted by atomic mass is 16.5. The number of carbonyl (C=O) groups is 2. The van der Waals surface area contributed by atoms with E-state index in [9.17, 15) is 19.8 Å². The monoisotopic (exact) mass is 439 g/mol. The lowest BCUT2D eigenvalue weighted by Crippen LogP contribution is -2.43. The van der Waals surface area contributed by atoms with Gasteiger partial charge in [0.15, 0.2) is 6.23 Å². The fraction of sp³-hybridized carbons (Fsp3) is 0.200. The minimum absolute atomic E-state index is 0.206. The molecule has 4 atom stereocenters. The Morgan fingerprint density at radius 2 is 1.36 bits per heavy atom. The van der Waals surface area contributed by atoms with Crippen molar-refractivity contribution >= 4 is 55.4 Å². The van der Waals surface area contributed by atoms with Crippen LogP contribution in [0.5, 0.6) is 0 Å². The number of benzene rings is 3. The van der Waals surface area contributed by atoms with Gasteiger partial charge in [0, 0.05) is 28.0 Å². The summed E-state index contributed by atoms with van der Waals surface area (Å²) < 4.78 is 10.4. The molecule has 4 unspecified atom stereocenters. The molecule has 0 radical (unpaired) electrons. The lowest BCUT2D eigenvalue weighted by molar-refractivity contribution is -0.213. The first-order valence-corrected chi connectivity index (χ1v) is 10.9. The average molecular weight is 439 g/mol. The van der Waals surface area contributed by atoms with E-state index in [0.717, 1.165) is 32.8 Å². The number of carbonyl (C=O) groups excluding carboxylic acids is 2. The maximum absolute atomic E-state index is 13.1. The van der Waals surface area contributed by atoms with Gasteiger partial charge in [0.05, 0.1) is 39.3 Å². The molecular formula is C25H17N3O5. The molecule has 0 saturated carbocycles. The quantitative estimate of drug-likeness (QED) is 0.322. The van der Waals surface area contributed by atoms with Crippen molar-refractivity contribution in [1.82, 2.24) is 14.5 Å². The van der Waals surface area contributed by atoms with Crippen LogP contribution in [0.3, 0.4) is 0 Å². The molecule has 162 valence electrons. The molecule has 3 aromatic carbocycles. The molecule has 2 amide bonds. The highest BCUT2D eigenvalue weighted by Gasteiger charge is 2.45. The number of aromatic nitrogens is 2. The van der Waals surface area contributed by atoms with Gasteiger partial charge in [-0.15, -0.1) is 0 Å². The molecule has 3 aliphatic heterocycles. The lowest BCUT2D eigenvalue weighted by atomic mass is 9.96. The summed E-state index contributed by atoms with van der Waals surface area (Å²) in [7, 11) is 0. The summed E-state index contributed by atoms with van der Waals surface area (Å²) >= 11 is 0. The maximum Gasteiger partial charge on any atom is 0.259 e. The number of hydrogen-bond acceptors (Lipinski definition) is 5. The van der Waals surface area contributed by atoms with Crippen molar-refractivity contribution in [2.75, 3.05) is 0 Å². The molecule has 5 heterocycles. The van der Waals surface area contributed by atoms with Gasteiger partial charge in [-0.2, -0.15) is 0 Å². The zero-order valence-corrected chi connectivity index (χ0v) is 17.1. The largest absolute Gasteiger partial charge is 0.390 e. The number of aliphatic hydroxyl groups is 2. The van der Waals surface area contributed by atoms with Gasteiger partial charge in [0.25, 0.3) is 11.8 Å². The van der Waals surface area contributed by atoms with E-state index in [0.29, 0.717) is 21.9 Å². The zero-order valence-electron chi connectivity index (χ0n) is 17.1. The first kappa shape index (κ1) is 17.8. The molecule has 0 spiro atoms. The molecule has 8 rings (SSSR count). The molecule has 0 aliphatic carbocycles. The number of nitrogens with zero attached hydrogens (tertiary/aromatic N) is 2. The highest BCUT2D eigenvalue weighted by molar-refractivity contribution is 6.39. The van der Waals surface area contributed by atoms with Crippen LogP contribution in [-0.4, -0.2) is 43.4 Å². The Labute approximate surface area is 185 Å². The van der Waals surface area contributed by atoms with Gasteiger partial charge in [-0.05, 0) is 12.1 Å². The topological polar surface area (TPSA) is 106 Å². The third kappa shape index (κ3) is 1.87. The van der Waals surface area contributed by atoms with Gasteiger partial charge in [0.2, 0.25) is 0 Å². The Kier molecular flexibility index (Phi) is 3.02. The second-order valence-electron chi connectivity index (χ2n) is 9.03. The van der Waals surface area contributed by atoms with Crippen LogP contribution in [0, 0.1) is 0 Å². The minimum atomic E-state index is -1.14. The predicted octanol–water partition coefficient (Wildman–Crippen LogP) is 2.94. The van der Waals surface area contributed by atoms with Crippen LogP contribution in [0.2, 0.25) is 0 Å². The fourth-order valence-corrected chi connectivity index (χ4v) is 6.21. The summed E-state index contributed by atoms with van der Waals surface area (Å²) in [5, 5.41) is 27.3. The summed E-state index contributed by atoms with van der Waals surface area (Å²) in [5.74, 6) is -0.838. The Bertz CT molecular complexity index is 1750. The van der Waals surface area contributed by atoms with Crippen LogP contribution >= 0.6 is 0 Å². The molecule has 3 aliphatic rings. The van der Waals surface area contributed by atoms with Gasteiger partial charge in [-0.3, -0.25) is 14.9 Å².